The molecule has 3 aliphatic rings. The van der Waals surface area contributed by atoms with Crippen molar-refractivity contribution >= 4 is 6.03 Å². The number of carbonyl (C=O) groups is 1. The van der Waals surface area contributed by atoms with Gasteiger partial charge in [-0.2, -0.15) is 0 Å². The first-order valence-electron chi connectivity index (χ1n) is 4.92. The van der Waals surface area contributed by atoms with Gasteiger partial charge in [-0.05, 0) is 25.7 Å². The average molecular weight is 183 g/mol. The summed E-state index contributed by atoms with van der Waals surface area (Å²) in [5.41, 5.74) is 6.01. The van der Waals surface area contributed by atoms with Crippen LogP contribution in [-0.2, 0) is 0 Å². The maximum absolute atomic E-state index is 11.3. The molecule has 3 rings (SSSR count). The van der Waals surface area contributed by atoms with Crippen LogP contribution >= 0.6 is 0 Å². The van der Waals surface area contributed by atoms with Crippen LogP contribution in [0.5, 0.6) is 0 Å². The first-order chi connectivity index (χ1) is 6.08. The highest BCUT2D eigenvalue weighted by Gasteiger charge is 2.66. The van der Waals surface area contributed by atoms with Gasteiger partial charge in [0.2, 0.25) is 0 Å². The molecule has 3 saturated carbocycles. The minimum Gasteiger partial charge on any atom is -0.338 e. The van der Waals surface area contributed by atoms with Crippen LogP contribution in [0.2, 0.25) is 0 Å². The Labute approximate surface area is 78.2 Å². The fourth-order valence-electron chi connectivity index (χ4n) is 2.52. The Bertz CT molecular complexity index is 219. The van der Waals surface area contributed by atoms with Gasteiger partial charge in [0.05, 0.1) is 0 Å². The molecule has 2 amide bonds. The van der Waals surface area contributed by atoms with Gasteiger partial charge < -0.3 is 16.4 Å². The number of nitrogens with one attached hydrogen (secondary N) is 2. The summed E-state index contributed by atoms with van der Waals surface area (Å²) in [6.07, 6.45) is 3.85. The van der Waals surface area contributed by atoms with Crippen LogP contribution in [0.1, 0.15) is 32.6 Å². The summed E-state index contributed by atoms with van der Waals surface area (Å²) in [4.78, 5) is 11.3. The predicted molar refractivity (Wildman–Crippen MR) is 50.3 cm³/mol. The van der Waals surface area contributed by atoms with Crippen LogP contribution in [-0.4, -0.2) is 23.7 Å². The van der Waals surface area contributed by atoms with E-state index in [1.54, 1.807) is 0 Å². The van der Waals surface area contributed by atoms with Crippen molar-refractivity contribution in [2.24, 2.45) is 5.73 Å². The average Bonchev–Trinajstić information content (AvgIpc) is 1.96. The number of nitrogens with two attached hydrogens (primary N) is 1. The molecule has 74 valence electrons. The Morgan fingerprint density at radius 1 is 1.46 bits per heavy atom. The van der Waals surface area contributed by atoms with Crippen LogP contribution in [0.15, 0.2) is 0 Å². The first-order valence-corrected chi connectivity index (χ1v) is 4.92. The van der Waals surface area contributed by atoms with E-state index in [1.807, 2.05) is 6.92 Å². The Hall–Kier alpha value is -0.770. The molecule has 0 aromatic heterocycles. The van der Waals surface area contributed by atoms with Gasteiger partial charge in [-0.15, -0.1) is 0 Å². The van der Waals surface area contributed by atoms with Crippen LogP contribution < -0.4 is 16.4 Å². The molecule has 0 heterocycles. The van der Waals surface area contributed by atoms with Crippen molar-refractivity contribution in [2.45, 2.75) is 43.7 Å². The van der Waals surface area contributed by atoms with Gasteiger partial charge >= 0.3 is 6.03 Å². The molecular weight excluding hydrogens is 166 g/mol. The summed E-state index contributed by atoms with van der Waals surface area (Å²) in [6.45, 7) is 2.78. The lowest BCUT2D eigenvalue weighted by Gasteiger charge is -2.68. The third-order valence-corrected chi connectivity index (χ3v) is 2.99. The zero-order chi connectivity index (χ0) is 9.53. The van der Waals surface area contributed by atoms with Gasteiger partial charge in [-0.1, -0.05) is 6.92 Å². The van der Waals surface area contributed by atoms with Crippen molar-refractivity contribution < 1.29 is 4.79 Å². The SMILES string of the molecule is CCCNC(=O)NC12CC(N)(C1)C2. The van der Waals surface area contributed by atoms with Crippen LogP contribution in [0.4, 0.5) is 4.79 Å². The van der Waals surface area contributed by atoms with Crippen molar-refractivity contribution in [1.82, 2.24) is 10.6 Å². The molecule has 13 heavy (non-hydrogen) atoms. The van der Waals surface area contributed by atoms with Gasteiger partial charge in [0.15, 0.2) is 0 Å². The largest absolute Gasteiger partial charge is 0.338 e. The topological polar surface area (TPSA) is 67.2 Å². The normalized spacial score (nSPS) is 40.2. The molecule has 4 heteroatoms. The third-order valence-electron chi connectivity index (χ3n) is 2.99. The maximum atomic E-state index is 11.3. The smallest absolute Gasteiger partial charge is 0.315 e. The molecule has 0 saturated heterocycles. The summed E-state index contributed by atoms with van der Waals surface area (Å²) in [7, 11) is 0. The lowest BCUT2D eigenvalue weighted by molar-refractivity contribution is -0.0689. The molecule has 4 nitrogen and oxygen atoms in total. The minimum atomic E-state index is -0.0383. The molecule has 3 aliphatic carbocycles. The van der Waals surface area contributed by atoms with Gasteiger partial charge in [-0.25, -0.2) is 4.79 Å². The highest BCUT2D eigenvalue weighted by molar-refractivity contribution is 5.75. The Morgan fingerprint density at radius 2 is 2.08 bits per heavy atom. The number of urea groups is 1. The van der Waals surface area contributed by atoms with Gasteiger partial charge in [0, 0.05) is 17.6 Å². The zero-order valence-electron chi connectivity index (χ0n) is 8.02. The quantitative estimate of drug-likeness (QED) is 0.590. The van der Waals surface area contributed by atoms with Crippen molar-refractivity contribution in [3.63, 3.8) is 0 Å². The summed E-state index contributed by atoms with van der Waals surface area (Å²) in [5.74, 6) is 0. The standard InChI is InChI=1S/C9H17N3O/c1-2-3-11-7(13)12-9-4-8(10,5-9)6-9/h2-6,10H2,1H3,(H2,11,12,13). The van der Waals surface area contributed by atoms with E-state index in [4.69, 9.17) is 5.73 Å². The molecule has 0 unspecified atom stereocenters. The molecular formula is C9H17N3O. The van der Waals surface area contributed by atoms with E-state index < -0.39 is 0 Å². The van der Waals surface area contributed by atoms with Crippen molar-refractivity contribution in [2.75, 3.05) is 6.54 Å². The number of hydrogen-bond donors (Lipinski definition) is 3. The third kappa shape index (κ3) is 1.39. The number of hydrogen-bond acceptors (Lipinski definition) is 2. The Morgan fingerprint density at radius 3 is 2.54 bits per heavy atom. The summed E-state index contributed by atoms with van der Waals surface area (Å²) in [5, 5.41) is 5.79. The highest BCUT2D eigenvalue weighted by Crippen LogP contribution is 2.58. The molecule has 0 atom stereocenters. The second-order valence-electron chi connectivity index (χ2n) is 4.55. The van der Waals surface area contributed by atoms with Crippen molar-refractivity contribution in [3.8, 4) is 0 Å². The second kappa shape index (κ2) is 2.61. The van der Waals surface area contributed by atoms with E-state index in [0.29, 0.717) is 0 Å². The first kappa shape index (κ1) is 8.81. The molecule has 3 fully saturated rings. The maximum Gasteiger partial charge on any atom is 0.315 e. The fraction of sp³-hybridized carbons (Fsp3) is 0.889. The van der Waals surface area contributed by atoms with Crippen molar-refractivity contribution in [3.05, 3.63) is 0 Å². The molecule has 2 bridgehead atoms. The van der Waals surface area contributed by atoms with Gasteiger partial charge in [0.1, 0.15) is 0 Å². The van der Waals surface area contributed by atoms with Crippen LogP contribution in [0, 0.1) is 0 Å². The summed E-state index contributed by atoms with van der Waals surface area (Å²) in [6, 6.07) is -0.0383. The van der Waals surface area contributed by atoms with Crippen molar-refractivity contribution in [1.29, 1.82) is 0 Å². The molecule has 0 spiro atoms. The number of amides is 2. The zero-order valence-corrected chi connectivity index (χ0v) is 8.02. The van der Waals surface area contributed by atoms with E-state index in [0.717, 1.165) is 32.2 Å². The second-order valence-corrected chi connectivity index (χ2v) is 4.55. The summed E-state index contributed by atoms with van der Waals surface area (Å²) < 4.78 is 0. The van der Waals surface area contributed by atoms with E-state index in [9.17, 15) is 4.79 Å². The predicted octanol–water partition coefficient (Wildman–Crippen LogP) is 0.329. The monoisotopic (exact) mass is 183 g/mol. The number of carbonyl (C=O) groups excluding carboxylic acids is 1. The van der Waals surface area contributed by atoms with E-state index >= 15 is 0 Å². The number of rotatable bonds is 3. The highest BCUT2D eigenvalue weighted by atomic mass is 16.2. The van der Waals surface area contributed by atoms with E-state index in [1.165, 1.54) is 0 Å². The fourth-order valence-corrected chi connectivity index (χ4v) is 2.52. The molecule has 0 aromatic carbocycles. The van der Waals surface area contributed by atoms with Gasteiger partial charge in [-0.3, -0.25) is 0 Å². The van der Waals surface area contributed by atoms with E-state index in [-0.39, 0.29) is 17.1 Å². The van der Waals surface area contributed by atoms with Crippen LogP contribution in [0.3, 0.4) is 0 Å². The van der Waals surface area contributed by atoms with E-state index in [2.05, 4.69) is 10.6 Å². The Kier molecular flexibility index (Phi) is 1.77. The summed E-state index contributed by atoms with van der Waals surface area (Å²) >= 11 is 0. The lowest BCUT2D eigenvalue weighted by Crippen LogP contribution is -2.82. The molecule has 0 aromatic rings. The Balaban J connectivity index is 1.71. The molecule has 0 aliphatic heterocycles. The molecule has 0 radical (unpaired) electrons. The lowest BCUT2D eigenvalue weighted by atomic mass is 9.45. The minimum absolute atomic E-state index is 0.0383. The molecule has 4 N–H and O–H groups in total. The van der Waals surface area contributed by atoms with Gasteiger partial charge in [0.25, 0.3) is 0 Å². The van der Waals surface area contributed by atoms with Crippen LogP contribution in [0.25, 0.3) is 0 Å².